The van der Waals surface area contributed by atoms with Crippen molar-refractivity contribution in [1.82, 2.24) is 14.4 Å². The molecule has 0 aliphatic rings. The van der Waals surface area contributed by atoms with E-state index in [0.717, 1.165) is 5.65 Å². The Hall–Kier alpha value is -1.38. The smallest absolute Gasteiger partial charge is 0.139 e. The zero-order chi connectivity index (χ0) is 10.6. The van der Waals surface area contributed by atoms with Crippen LogP contribution in [0.4, 0.5) is 0 Å². The minimum atomic E-state index is 0.490. The Morgan fingerprint density at radius 1 is 1.29 bits per heavy atom. The van der Waals surface area contributed by atoms with E-state index in [9.17, 15) is 0 Å². The summed E-state index contributed by atoms with van der Waals surface area (Å²) in [6.07, 6.45) is 5.46. The monoisotopic (exact) mass is 191 g/mol. The molecule has 3 heteroatoms. The van der Waals surface area contributed by atoms with Crippen LogP contribution < -0.4 is 0 Å². The van der Waals surface area contributed by atoms with Crippen LogP contribution in [0.3, 0.4) is 0 Å². The number of aromatic nitrogens is 3. The van der Waals surface area contributed by atoms with E-state index in [0.29, 0.717) is 5.92 Å². The van der Waals surface area contributed by atoms with Gasteiger partial charge in [-0.2, -0.15) is 0 Å². The second kappa shape index (κ2) is 4.74. The summed E-state index contributed by atoms with van der Waals surface area (Å²) in [5.74, 6) is 0.490. The molecule has 0 radical (unpaired) electrons. The molecule has 0 aromatic carbocycles. The molecule has 0 atom stereocenters. The van der Waals surface area contributed by atoms with Gasteiger partial charge in [0.05, 0.1) is 0 Å². The number of hydrogen-bond acceptors (Lipinski definition) is 2. The summed E-state index contributed by atoms with van der Waals surface area (Å²) >= 11 is 0. The predicted octanol–water partition coefficient (Wildman–Crippen LogP) is 2.88. The van der Waals surface area contributed by atoms with Gasteiger partial charge in [0, 0.05) is 18.1 Å². The number of nitrogens with zero attached hydrogens (tertiary/aromatic N) is 3. The van der Waals surface area contributed by atoms with Crippen LogP contribution in [-0.4, -0.2) is 14.4 Å². The minimum absolute atomic E-state index is 0.490. The lowest BCUT2D eigenvalue weighted by Crippen LogP contribution is -1.94. The van der Waals surface area contributed by atoms with Gasteiger partial charge in [-0.05, 0) is 12.0 Å². The molecule has 0 unspecified atom stereocenters. The molecule has 0 aliphatic heterocycles. The second-order valence-electron chi connectivity index (χ2n) is 3.15. The number of fused-ring (bicyclic) bond motifs is 1. The van der Waals surface area contributed by atoms with E-state index in [1.54, 1.807) is 12.5 Å². The summed E-state index contributed by atoms with van der Waals surface area (Å²) in [4.78, 5) is 8.31. The Morgan fingerprint density at radius 3 is 2.64 bits per heavy atom. The van der Waals surface area contributed by atoms with Gasteiger partial charge in [-0.3, -0.25) is 4.40 Å². The maximum Gasteiger partial charge on any atom is 0.139 e. The topological polar surface area (TPSA) is 30.2 Å². The Balaban J connectivity index is 0.000000461. The molecule has 14 heavy (non-hydrogen) atoms. The normalized spacial score (nSPS) is 10.1. The van der Waals surface area contributed by atoms with Crippen molar-refractivity contribution < 1.29 is 0 Å². The fourth-order valence-electron chi connectivity index (χ4n) is 1.28. The molecule has 0 N–H and O–H groups in total. The van der Waals surface area contributed by atoms with Gasteiger partial charge in [0.2, 0.25) is 0 Å². The molecule has 0 saturated heterocycles. The van der Waals surface area contributed by atoms with E-state index in [1.165, 1.54) is 5.69 Å². The van der Waals surface area contributed by atoms with Crippen LogP contribution in [0.5, 0.6) is 0 Å². The molecule has 2 rings (SSSR count). The fraction of sp³-hybridized carbons (Fsp3) is 0.455. The lowest BCUT2D eigenvalue weighted by Gasteiger charge is -2.02. The molecule has 76 valence electrons. The first-order chi connectivity index (χ1) is 6.79. The molecular formula is C11H17N3. The highest BCUT2D eigenvalue weighted by molar-refractivity contribution is 5.38. The van der Waals surface area contributed by atoms with Crippen molar-refractivity contribution in [2.45, 2.75) is 33.6 Å². The summed E-state index contributed by atoms with van der Waals surface area (Å²) in [7, 11) is 0. The lowest BCUT2D eigenvalue weighted by molar-refractivity contribution is 0.802. The van der Waals surface area contributed by atoms with Crippen molar-refractivity contribution >= 4 is 5.65 Å². The van der Waals surface area contributed by atoms with E-state index in [2.05, 4.69) is 23.8 Å². The molecule has 2 aromatic heterocycles. The molecule has 0 amide bonds. The maximum absolute atomic E-state index is 4.26. The first kappa shape index (κ1) is 10.7. The Bertz CT molecular complexity index is 390. The SMILES string of the molecule is CC.CC(C)c1cnc2ccncn12. The van der Waals surface area contributed by atoms with Crippen LogP contribution in [0.15, 0.2) is 24.8 Å². The average molecular weight is 191 g/mol. The van der Waals surface area contributed by atoms with E-state index < -0.39 is 0 Å². The van der Waals surface area contributed by atoms with E-state index >= 15 is 0 Å². The first-order valence-electron chi connectivity index (χ1n) is 5.06. The zero-order valence-electron chi connectivity index (χ0n) is 9.23. The molecular weight excluding hydrogens is 174 g/mol. The van der Waals surface area contributed by atoms with Gasteiger partial charge in [-0.25, -0.2) is 9.97 Å². The van der Waals surface area contributed by atoms with Crippen LogP contribution in [0.25, 0.3) is 5.65 Å². The number of imidazole rings is 1. The van der Waals surface area contributed by atoms with Crippen LogP contribution in [0.1, 0.15) is 39.3 Å². The number of rotatable bonds is 1. The third-order valence-electron chi connectivity index (χ3n) is 1.94. The Labute approximate surface area is 84.8 Å². The van der Waals surface area contributed by atoms with E-state index in [4.69, 9.17) is 0 Å². The van der Waals surface area contributed by atoms with Crippen LogP contribution in [0.2, 0.25) is 0 Å². The quantitative estimate of drug-likeness (QED) is 0.693. The van der Waals surface area contributed by atoms with Gasteiger partial charge >= 0.3 is 0 Å². The molecule has 0 aliphatic carbocycles. The zero-order valence-corrected chi connectivity index (χ0v) is 9.23. The average Bonchev–Trinajstić information content (AvgIpc) is 2.64. The van der Waals surface area contributed by atoms with E-state index in [1.807, 2.05) is 30.5 Å². The highest BCUT2D eigenvalue weighted by Gasteiger charge is 2.05. The third-order valence-corrected chi connectivity index (χ3v) is 1.94. The molecule has 2 aromatic rings. The largest absolute Gasteiger partial charge is 0.287 e. The predicted molar refractivity (Wildman–Crippen MR) is 58.4 cm³/mol. The van der Waals surface area contributed by atoms with Gasteiger partial charge in [0.1, 0.15) is 12.0 Å². The maximum atomic E-state index is 4.26. The van der Waals surface area contributed by atoms with Gasteiger partial charge in [-0.15, -0.1) is 0 Å². The second-order valence-corrected chi connectivity index (χ2v) is 3.15. The van der Waals surface area contributed by atoms with Gasteiger partial charge in [0.15, 0.2) is 0 Å². The highest BCUT2D eigenvalue weighted by atomic mass is 15.0. The van der Waals surface area contributed by atoms with E-state index in [-0.39, 0.29) is 0 Å². The molecule has 3 nitrogen and oxygen atoms in total. The molecule has 0 bridgehead atoms. The molecule has 0 saturated carbocycles. The van der Waals surface area contributed by atoms with Crippen molar-refractivity contribution in [3.05, 3.63) is 30.5 Å². The summed E-state index contributed by atoms with van der Waals surface area (Å²) < 4.78 is 2.02. The lowest BCUT2D eigenvalue weighted by atomic mass is 10.1. The van der Waals surface area contributed by atoms with Crippen LogP contribution in [-0.2, 0) is 0 Å². The first-order valence-corrected chi connectivity index (χ1v) is 5.06. The molecule has 0 fully saturated rings. The van der Waals surface area contributed by atoms with Crippen molar-refractivity contribution in [2.24, 2.45) is 0 Å². The molecule has 0 spiro atoms. The summed E-state index contributed by atoms with van der Waals surface area (Å²) in [6, 6.07) is 1.91. The Morgan fingerprint density at radius 2 is 2.00 bits per heavy atom. The fourth-order valence-corrected chi connectivity index (χ4v) is 1.28. The van der Waals surface area contributed by atoms with Gasteiger partial charge < -0.3 is 0 Å². The number of hydrogen-bond donors (Lipinski definition) is 0. The van der Waals surface area contributed by atoms with Crippen molar-refractivity contribution in [2.75, 3.05) is 0 Å². The summed E-state index contributed by atoms with van der Waals surface area (Å²) in [5, 5.41) is 0. The summed E-state index contributed by atoms with van der Waals surface area (Å²) in [6.45, 7) is 8.30. The molecule has 2 heterocycles. The van der Waals surface area contributed by atoms with Crippen LogP contribution in [0, 0.1) is 0 Å². The van der Waals surface area contributed by atoms with Gasteiger partial charge in [-0.1, -0.05) is 27.7 Å². The summed E-state index contributed by atoms with van der Waals surface area (Å²) in [5.41, 5.74) is 2.17. The van der Waals surface area contributed by atoms with Crippen molar-refractivity contribution in [3.8, 4) is 0 Å². The van der Waals surface area contributed by atoms with Gasteiger partial charge in [0.25, 0.3) is 0 Å². The minimum Gasteiger partial charge on any atom is -0.287 e. The van der Waals surface area contributed by atoms with Crippen LogP contribution >= 0.6 is 0 Å². The van der Waals surface area contributed by atoms with Crippen molar-refractivity contribution in [1.29, 1.82) is 0 Å². The third kappa shape index (κ3) is 1.92. The Kier molecular flexibility index (Phi) is 3.63. The van der Waals surface area contributed by atoms with Crippen molar-refractivity contribution in [3.63, 3.8) is 0 Å². The standard InChI is InChI=1S/C9H11N3.C2H6/c1-7(2)8-5-11-9-3-4-10-6-12(8)9;1-2/h3-7H,1-2H3;1-2H3. The highest BCUT2D eigenvalue weighted by Crippen LogP contribution is 2.14.